The summed E-state index contributed by atoms with van der Waals surface area (Å²) in [6, 6.07) is -0.123. The standard InChI is InChI=1S/C14H22FN3O2/c15-11-6-12(9-19)18(7-11)8-13-16-14(20-17-13)10-4-2-1-3-5-10/h10-12,19H,1-9H2/t11-,12-/m0/s1. The summed E-state index contributed by atoms with van der Waals surface area (Å²) in [5.74, 6) is 1.74. The van der Waals surface area contributed by atoms with E-state index < -0.39 is 6.17 Å². The molecule has 1 saturated carbocycles. The predicted octanol–water partition coefficient (Wildman–Crippen LogP) is 2.02. The normalized spacial score (nSPS) is 29.1. The lowest BCUT2D eigenvalue weighted by Gasteiger charge is -2.20. The minimum absolute atomic E-state index is 0.0201. The summed E-state index contributed by atoms with van der Waals surface area (Å²) in [5.41, 5.74) is 0. The fraction of sp³-hybridized carbons (Fsp3) is 0.857. The summed E-state index contributed by atoms with van der Waals surface area (Å²) in [7, 11) is 0. The number of hydrogen-bond donors (Lipinski definition) is 1. The van der Waals surface area contributed by atoms with Crippen molar-refractivity contribution in [2.45, 2.75) is 63.2 Å². The zero-order valence-corrected chi connectivity index (χ0v) is 11.7. The smallest absolute Gasteiger partial charge is 0.229 e. The predicted molar refractivity (Wildman–Crippen MR) is 70.9 cm³/mol. The second-order valence-electron chi connectivity index (χ2n) is 5.98. The second kappa shape index (κ2) is 6.18. The van der Waals surface area contributed by atoms with Gasteiger partial charge in [-0.05, 0) is 19.3 Å². The van der Waals surface area contributed by atoms with Crippen molar-refractivity contribution in [1.29, 1.82) is 0 Å². The molecular weight excluding hydrogens is 261 g/mol. The van der Waals surface area contributed by atoms with Crippen molar-refractivity contribution in [3.63, 3.8) is 0 Å². The molecule has 1 aliphatic carbocycles. The molecule has 0 unspecified atom stereocenters. The zero-order chi connectivity index (χ0) is 13.9. The van der Waals surface area contributed by atoms with Gasteiger partial charge in [-0.15, -0.1) is 0 Å². The van der Waals surface area contributed by atoms with Crippen LogP contribution in [0.2, 0.25) is 0 Å². The Labute approximate surface area is 118 Å². The van der Waals surface area contributed by atoms with Crippen molar-refractivity contribution in [3.8, 4) is 0 Å². The maximum atomic E-state index is 13.4. The first-order chi connectivity index (χ1) is 9.76. The molecule has 2 atom stereocenters. The minimum atomic E-state index is -0.864. The van der Waals surface area contributed by atoms with Crippen LogP contribution < -0.4 is 0 Å². The van der Waals surface area contributed by atoms with Gasteiger partial charge in [-0.2, -0.15) is 4.98 Å². The SMILES string of the molecule is OC[C@@H]1C[C@H](F)CN1Cc1noc(C2CCCCC2)n1. The third-order valence-corrected chi connectivity index (χ3v) is 4.47. The van der Waals surface area contributed by atoms with Crippen LogP contribution in [0.5, 0.6) is 0 Å². The van der Waals surface area contributed by atoms with Crippen molar-refractivity contribution in [2.24, 2.45) is 0 Å². The topological polar surface area (TPSA) is 62.4 Å². The van der Waals surface area contributed by atoms with Crippen LogP contribution in [-0.4, -0.2) is 45.5 Å². The molecular formula is C14H22FN3O2. The van der Waals surface area contributed by atoms with Crippen LogP contribution in [0.25, 0.3) is 0 Å². The van der Waals surface area contributed by atoms with Crippen molar-refractivity contribution in [2.75, 3.05) is 13.2 Å². The molecule has 3 rings (SSSR count). The molecule has 0 bridgehead atoms. The maximum absolute atomic E-state index is 13.4. The molecule has 0 aromatic carbocycles. The summed E-state index contributed by atoms with van der Waals surface area (Å²) in [6.45, 7) is 0.786. The molecule has 1 aromatic heterocycles. The third kappa shape index (κ3) is 3.01. The number of hydrogen-bond acceptors (Lipinski definition) is 5. The zero-order valence-electron chi connectivity index (χ0n) is 11.7. The van der Waals surface area contributed by atoms with Gasteiger partial charge in [-0.1, -0.05) is 24.4 Å². The quantitative estimate of drug-likeness (QED) is 0.916. The fourth-order valence-corrected chi connectivity index (χ4v) is 3.33. The highest BCUT2D eigenvalue weighted by Gasteiger charge is 2.32. The number of rotatable bonds is 4. The first-order valence-electron chi connectivity index (χ1n) is 7.57. The van der Waals surface area contributed by atoms with Gasteiger partial charge in [-0.3, -0.25) is 4.90 Å². The first-order valence-corrected chi connectivity index (χ1v) is 7.57. The lowest BCUT2D eigenvalue weighted by molar-refractivity contribution is 0.149. The Morgan fingerprint density at radius 3 is 2.85 bits per heavy atom. The van der Waals surface area contributed by atoms with E-state index >= 15 is 0 Å². The highest BCUT2D eigenvalue weighted by Crippen LogP contribution is 2.31. The van der Waals surface area contributed by atoms with Crippen molar-refractivity contribution in [1.82, 2.24) is 15.0 Å². The summed E-state index contributed by atoms with van der Waals surface area (Å²) in [5, 5.41) is 13.3. The van der Waals surface area contributed by atoms with E-state index in [1.54, 1.807) is 0 Å². The number of aliphatic hydroxyl groups is 1. The van der Waals surface area contributed by atoms with E-state index in [0.29, 0.717) is 31.3 Å². The van der Waals surface area contributed by atoms with Crippen molar-refractivity contribution < 1.29 is 14.0 Å². The van der Waals surface area contributed by atoms with Gasteiger partial charge >= 0.3 is 0 Å². The molecule has 6 heteroatoms. The highest BCUT2D eigenvalue weighted by atomic mass is 19.1. The van der Waals surface area contributed by atoms with Crippen LogP contribution in [0.4, 0.5) is 4.39 Å². The van der Waals surface area contributed by atoms with E-state index in [4.69, 9.17) is 4.52 Å². The Bertz CT molecular complexity index is 434. The van der Waals surface area contributed by atoms with Crippen LogP contribution in [0.3, 0.4) is 0 Å². The Kier molecular flexibility index (Phi) is 4.31. The van der Waals surface area contributed by atoms with Gasteiger partial charge in [-0.25, -0.2) is 4.39 Å². The second-order valence-corrected chi connectivity index (χ2v) is 5.98. The fourth-order valence-electron chi connectivity index (χ4n) is 3.33. The highest BCUT2D eigenvalue weighted by molar-refractivity contribution is 4.97. The van der Waals surface area contributed by atoms with E-state index in [0.717, 1.165) is 18.7 Å². The van der Waals surface area contributed by atoms with Crippen molar-refractivity contribution >= 4 is 0 Å². The van der Waals surface area contributed by atoms with Crippen LogP contribution in [0.15, 0.2) is 4.52 Å². The summed E-state index contributed by atoms with van der Waals surface area (Å²) in [6.07, 6.45) is 5.52. The van der Waals surface area contributed by atoms with Crippen LogP contribution in [-0.2, 0) is 6.54 Å². The van der Waals surface area contributed by atoms with Gasteiger partial charge in [0.2, 0.25) is 5.89 Å². The number of nitrogens with zero attached hydrogens (tertiary/aromatic N) is 3. The van der Waals surface area contributed by atoms with Gasteiger partial charge < -0.3 is 9.63 Å². The first kappa shape index (κ1) is 13.9. The third-order valence-electron chi connectivity index (χ3n) is 4.47. The van der Waals surface area contributed by atoms with E-state index in [-0.39, 0.29) is 12.6 Å². The van der Waals surface area contributed by atoms with Crippen LogP contribution in [0, 0.1) is 0 Å². The molecule has 0 amide bonds. The summed E-state index contributed by atoms with van der Waals surface area (Å²) in [4.78, 5) is 6.37. The average Bonchev–Trinajstić information content (AvgIpc) is 3.07. The van der Waals surface area contributed by atoms with E-state index in [1.165, 1.54) is 19.3 Å². The van der Waals surface area contributed by atoms with Gasteiger partial charge in [0.25, 0.3) is 0 Å². The van der Waals surface area contributed by atoms with E-state index in [1.807, 2.05) is 4.90 Å². The minimum Gasteiger partial charge on any atom is -0.395 e. The largest absolute Gasteiger partial charge is 0.395 e. The Morgan fingerprint density at radius 1 is 1.30 bits per heavy atom. The van der Waals surface area contributed by atoms with Gasteiger partial charge in [0, 0.05) is 18.5 Å². The molecule has 0 spiro atoms. The Balaban J connectivity index is 1.62. The number of halogens is 1. The maximum Gasteiger partial charge on any atom is 0.229 e. The molecule has 2 aliphatic rings. The molecule has 5 nitrogen and oxygen atoms in total. The average molecular weight is 283 g/mol. The van der Waals surface area contributed by atoms with Crippen LogP contribution in [0.1, 0.15) is 56.2 Å². The summed E-state index contributed by atoms with van der Waals surface area (Å²) >= 11 is 0. The van der Waals surface area contributed by atoms with Crippen LogP contribution >= 0.6 is 0 Å². The number of alkyl halides is 1. The monoisotopic (exact) mass is 283 g/mol. The summed E-state index contributed by atoms with van der Waals surface area (Å²) < 4.78 is 18.8. The number of aromatic nitrogens is 2. The van der Waals surface area contributed by atoms with Crippen molar-refractivity contribution in [3.05, 3.63) is 11.7 Å². The van der Waals surface area contributed by atoms with Gasteiger partial charge in [0.1, 0.15) is 6.17 Å². The molecule has 2 fully saturated rings. The lowest BCUT2D eigenvalue weighted by atomic mass is 9.89. The van der Waals surface area contributed by atoms with E-state index in [9.17, 15) is 9.50 Å². The number of aliphatic hydroxyl groups excluding tert-OH is 1. The van der Waals surface area contributed by atoms with Gasteiger partial charge in [0.05, 0.1) is 13.2 Å². The Morgan fingerprint density at radius 2 is 2.10 bits per heavy atom. The molecule has 2 heterocycles. The molecule has 1 aliphatic heterocycles. The number of likely N-dealkylation sites (tertiary alicyclic amines) is 1. The lowest BCUT2D eigenvalue weighted by Crippen LogP contribution is -2.32. The molecule has 20 heavy (non-hydrogen) atoms. The molecule has 112 valence electrons. The van der Waals surface area contributed by atoms with E-state index in [2.05, 4.69) is 10.1 Å². The Hall–Kier alpha value is -1.01. The van der Waals surface area contributed by atoms with Gasteiger partial charge in [0.15, 0.2) is 5.82 Å². The molecule has 1 aromatic rings. The molecule has 0 radical (unpaired) electrons. The molecule has 1 N–H and O–H groups in total. The molecule has 1 saturated heterocycles.